The van der Waals surface area contributed by atoms with Crippen molar-refractivity contribution in [1.82, 2.24) is 4.72 Å². The predicted octanol–water partition coefficient (Wildman–Crippen LogP) is 2.09. The molecule has 5 heteroatoms. The van der Waals surface area contributed by atoms with Crippen molar-refractivity contribution in [3.8, 4) is 5.75 Å². The van der Waals surface area contributed by atoms with Gasteiger partial charge >= 0.3 is 0 Å². The van der Waals surface area contributed by atoms with Gasteiger partial charge in [0.15, 0.2) is 0 Å². The van der Waals surface area contributed by atoms with Crippen LogP contribution in [0.25, 0.3) is 0 Å². The molecule has 0 radical (unpaired) electrons. The zero-order valence-corrected chi connectivity index (χ0v) is 11.4. The zero-order valence-electron chi connectivity index (χ0n) is 10.6. The maximum absolute atomic E-state index is 12.0. The molecular weight excluding hydrogens is 250 g/mol. The van der Waals surface area contributed by atoms with Gasteiger partial charge in [0.05, 0.1) is 11.5 Å². The Hall–Kier alpha value is -1.07. The summed E-state index contributed by atoms with van der Waals surface area (Å²) in [6.07, 6.45) is 3.65. The summed E-state index contributed by atoms with van der Waals surface area (Å²) in [6.45, 7) is 3.24. The Labute approximate surface area is 108 Å². The molecule has 0 aromatic heterocycles. The lowest BCUT2D eigenvalue weighted by atomic mass is 10.1. The molecule has 0 spiro atoms. The molecule has 100 valence electrons. The molecule has 18 heavy (non-hydrogen) atoms. The van der Waals surface area contributed by atoms with E-state index >= 15 is 0 Å². The van der Waals surface area contributed by atoms with Crippen LogP contribution in [0.2, 0.25) is 0 Å². The highest BCUT2D eigenvalue weighted by atomic mass is 32.2. The third-order valence-electron chi connectivity index (χ3n) is 3.01. The van der Waals surface area contributed by atoms with Crippen molar-refractivity contribution in [3.05, 3.63) is 23.8 Å². The van der Waals surface area contributed by atoms with E-state index in [1.165, 1.54) is 0 Å². The fourth-order valence-electron chi connectivity index (χ4n) is 1.97. The largest absolute Gasteiger partial charge is 0.493 e. The molecule has 1 aliphatic rings. The quantitative estimate of drug-likeness (QED) is 0.833. The fraction of sp³-hybridized carbons (Fsp3) is 0.538. The third kappa shape index (κ3) is 3.03. The van der Waals surface area contributed by atoms with Gasteiger partial charge < -0.3 is 4.74 Å². The normalized spacial score (nSPS) is 14.9. The van der Waals surface area contributed by atoms with E-state index in [1.807, 2.05) is 6.92 Å². The van der Waals surface area contributed by atoms with Gasteiger partial charge in [0.2, 0.25) is 10.0 Å². The number of hydrogen-bond acceptors (Lipinski definition) is 3. The summed E-state index contributed by atoms with van der Waals surface area (Å²) in [7, 11) is -3.37. The van der Waals surface area contributed by atoms with Crippen molar-refractivity contribution in [2.45, 2.75) is 37.5 Å². The molecule has 1 aliphatic heterocycles. The van der Waals surface area contributed by atoms with E-state index in [-0.39, 0.29) is 0 Å². The highest BCUT2D eigenvalue weighted by molar-refractivity contribution is 7.89. The first kappa shape index (κ1) is 13.4. The molecule has 1 heterocycles. The highest BCUT2D eigenvalue weighted by Gasteiger charge is 2.17. The van der Waals surface area contributed by atoms with Crippen LogP contribution in [-0.2, 0) is 16.4 Å². The van der Waals surface area contributed by atoms with Crippen LogP contribution in [0, 0.1) is 0 Å². The smallest absolute Gasteiger partial charge is 0.240 e. The molecule has 0 fully saturated rings. The molecule has 0 saturated heterocycles. The molecule has 0 bridgehead atoms. The van der Waals surface area contributed by atoms with Crippen molar-refractivity contribution >= 4 is 10.0 Å². The van der Waals surface area contributed by atoms with E-state index in [9.17, 15) is 8.42 Å². The number of fused-ring (bicyclic) bond motifs is 1. The first-order valence-corrected chi connectivity index (χ1v) is 7.87. The highest BCUT2D eigenvalue weighted by Crippen LogP contribution is 2.27. The second kappa shape index (κ2) is 5.71. The van der Waals surface area contributed by atoms with Crippen LogP contribution >= 0.6 is 0 Å². The Morgan fingerprint density at radius 2 is 2.22 bits per heavy atom. The van der Waals surface area contributed by atoms with Crippen LogP contribution < -0.4 is 9.46 Å². The number of aryl methyl sites for hydroxylation is 1. The Morgan fingerprint density at radius 3 is 3.00 bits per heavy atom. The average Bonchev–Trinajstić information content (AvgIpc) is 2.38. The molecular formula is C13H19NO3S. The second-order valence-corrected chi connectivity index (χ2v) is 6.24. The summed E-state index contributed by atoms with van der Waals surface area (Å²) >= 11 is 0. The molecule has 0 saturated carbocycles. The van der Waals surface area contributed by atoms with E-state index in [0.29, 0.717) is 18.0 Å². The number of benzene rings is 1. The second-order valence-electron chi connectivity index (χ2n) is 4.47. The molecule has 1 aromatic carbocycles. The molecule has 0 unspecified atom stereocenters. The van der Waals surface area contributed by atoms with Gasteiger partial charge in [-0.1, -0.05) is 13.3 Å². The Bertz CT molecular complexity index is 511. The Morgan fingerprint density at radius 1 is 1.39 bits per heavy atom. The molecule has 1 N–H and O–H groups in total. The lowest BCUT2D eigenvalue weighted by Crippen LogP contribution is -2.25. The van der Waals surface area contributed by atoms with E-state index in [1.54, 1.807) is 18.2 Å². The zero-order chi connectivity index (χ0) is 13.0. The number of sulfonamides is 1. The van der Waals surface area contributed by atoms with Crippen LogP contribution in [0.4, 0.5) is 0 Å². The minimum Gasteiger partial charge on any atom is -0.493 e. The van der Waals surface area contributed by atoms with Crippen LogP contribution in [0.15, 0.2) is 23.1 Å². The topological polar surface area (TPSA) is 55.4 Å². The van der Waals surface area contributed by atoms with Crippen LogP contribution in [-0.4, -0.2) is 21.6 Å². The standard InChI is InChI=1S/C13H19NO3S/c1-2-3-8-14-18(15,16)12-6-7-13-11(10-12)5-4-9-17-13/h6-7,10,14H,2-5,8-9H2,1H3. The summed E-state index contributed by atoms with van der Waals surface area (Å²) in [5, 5.41) is 0. The molecule has 4 nitrogen and oxygen atoms in total. The van der Waals surface area contributed by atoms with Crippen molar-refractivity contribution < 1.29 is 13.2 Å². The van der Waals surface area contributed by atoms with Gasteiger partial charge in [0, 0.05) is 6.54 Å². The number of unbranched alkanes of at least 4 members (excludes halogenated alkanes) is 1. The number of ether oxygens (including phenoxy) is 1. The monoisotopic (exact) mass is 269 g/mol. The summed E-state index contributed by atoms with van der Waals surface area (Å²) in [5.41, 5.74) is 0.986. The molecule has 0 amide bonds. The Kier molecular flexibility index (Phi) is 4.24. The van der Waals surface area contributed by atoms with Gasteiger partial charge in [0.25, 0.3) is 0 Å². The fourth-order valence-corrected chi connectivity index (χ4v) is 3.09. The number of hydrogen-bond donors (Lipinski definition) is 1. The van der Waals surface area contributed by atoms with Crippen LogP contribution in [0.1, 0.15) is 31.7 Å². The van der Waals surface area contributed by atoms with Crippen LogP contribution in [0.5, 0.6) is 5.75 Å². The number of nitrogens with one attached hydrogen (secondary N) is 1. The van der Waals surface area contributed by atoms with Gasteiger partial charge in [-0.15, -0.1) is 0 Å². The van der Waals surface area contributed by atoms with Gasteiger partial charge in [-0.3, -0.25) is 0 Å². The van der Waals surface area contributed by atoms with E-state index in [4.69, 9.17) is 4.74 Å². The lowest BCUT2D eigenvalue weighted by molar-refractivity contribution is 0.288. The predicted molar refractivity (Wildman–Crippen MR) is 70.4 cm³/mol. The maximum Gasteiger partial charge on any atom is 0.240 e. The van der Waals surface area contributed by atoms with Gasteiger partial charge in [-0.05, 0) is 43.0 Å². The summed E-state index contributed by atoms with van der Waals surface area (Å²) in [5.74, 6) is 0.814. The van der Waals surface area contributed by atoms with Crippen LogP contribution in [0.3, 0.4) is 0 Å². The van der Waals surface area contributed by atoms with Crippen molar-refractivity contribution in [2.24, 2.45) is 0 Å². The van der Waals surface area contributed by atoms with E-state index in [2.05, 4.69) is 4.72 Å². The van der Waals surface area contributed by atoms with Gasteiger partial charge in [0.1, 0.15) is 5.75 Å². The van der Waals surface area contributed by atoms with Crippen molar-refractivity contribution in [3.63, 3.8) is 0 Å². The van der Waals surface area contributed by atoms with E-state index in [0.717, 1.165) is 37.0 Å². The minimum absolute atomic E-state index is 0.336. The first-order valence-electron chi connectivity index (χ1n) is 6.39. The van der Waals surface area contributed by atoms with Gasteiger partial charge in [-0.2, -0.15) is 0 Å². The Balaban J connectivity index is 2.17. The average molecular weight is 269 g/mol. The number of rotatable bonds is 5. The van der Waals surface area contributed by atoms with Gasteiger partial charge in [-0.25, -0.2) is 13.1 Å². The minimum atomic E-state index is -3.37. The summed E-state index contributed by atoms with van der Waals surface area (Å²) < 4.78 is 32.2. The molecule has 1 aromatic rings. The molecule has 0 atom stereocenters. The van der Waals surface area contributed by atoms with E-state index < -0.39 is 10.0 Å². The first-order chi connectivity index (χ1) is 8.63. The summed E-state index contributed by atoms with van der Waals surface area (Å²) in [4.78, 5) is 0.336. The van der Waals surface area contributed by atoms with Crippen molar-refractivity contribution in [1.29, 1.82) is 0 Å². The van der Waals surface area contributed by atoms with Crippen molar-refractivity contribution in [2.75, 3.05) is 13.2 Å². The molecule has 0 aliphatic carbocycles. The lowest BCUT2D eigenvalue weighted by Gasteiger charge is -2.18. The SMILES string of the molecule is CCCCNS(=O)(=O)c1ccc2c(c1)CCCO2. The summed E-state index contributed by atoms with van der Waals surface area (Å²) in [6, 6.07) is 5.09. The molecule has 2 rings (SSSR count). The third-order valence-corrected chi connectivity index (χ3v) is 4.47. The maximum atomic E-state index is 12.0.